The first kappa shape index (κ1) is 41.2. The van der Waals surface area contributed by atoms with Gasteiger partial charge in [0.25, 0.3) is 5.91 Å². The van der Waals surface area contributed by atoms with Crippen molar-refractivity contribution in [3.63, 3.8) is 0 Å². The predicted molar refractivity (Wildman–Crippen MR) is 228 cm³/mol. The molecule has 4 aromatic rings. The van der Waals surface area contributed by atoms with Crippen LogP contribution in [0.3, 0.4) is 0 Å². The third kappa shape index (κ3) is 8.69. The van der Waals surface area contributed by atoms with E-state index in [1.165, 1.54) is 16.2 Å². The third-order valence-corrected chi connectivity index (χ3v) is 14.5. The van der Waals surface area contributed by atoms with Crippen LogP contribution < -0.4 is 24.8 Å². The Morgan fingerprint density at radius 1 is 1.08 bits per heavy atom. The lowest BCUT2D eigenvalue weighted by atomic mass is 10.0. The molecule has 4 heterocycles. The largest absolute Gasteiger partial charge is 0.497 e. The fraction of sp³-hybridized carbons (Fsp3) is 0.455. The van der Waals surface area contributed by atoms with Crippen molar-refractivity contribution in [1.29, 1.82) is 5.26 Å². The van der Waals surface area contributed by atoms with Crippen LogP contribution in [0.25, 0.3) is 21.6 Å². The van der Waals surface area contributed by atoms with E-state index in [2.05, 4.69) is 35.3 Å². The number of anilines is 1. The zero-order valence-electron chi connectivity index (χ0n) is 33.8. The zero-order valence-corrected chi connectivity index (χ0v) is 35.5. The maximum Gasteiger partial charge on any atom is 0.259 e. The molecule has 314 valence electrons. The maximum absolute atomic E-state index is 14.9. The highest BCUT2D eigenvalue weighted by molar-refractivity contribution is 7.91. The number of nitrogens with one attached hydrogen (secondary N) is 3. The van der Waals surface area contributed by atoms with Crippen molar-refractivity contribution in [2.75, 3.05) is 19.0 Å². The number of ether oxygens (including phenoxy) is 2. The van der Waals surface area contributed by atoms with Gasteiger partial charge in [0, 0.05) is 40.9 Å². The van der Waals surface area contributed by atoms with Crippen LogP contribution in [-0.4, -0.2) is 83.6 Å². The molecule has 2 saturated carbocycles. The average Bonchev–Trinajstić information content (AvgIpc) is 4.11. The molecule has 3 N–H and O–H groups in total. The first-order valence-electron chi connectivity index (χ1n) is 20.6. The van der Waals surface area contributed by atoms with Crippen LogP contribution >= 0.6 is 11.3 Å². The zero-order chi connectivity index (χ0) is 42.2. The number of benzene rings is 2. The second kappa shape index (κ2) is 16.8. The predicted octanol–water partition coefficient (Wildman–Crippen LogP) is 6.19. The van der Waals surface area contributed by atoms with Crippen LogP contribution in [0.5, 0.6) is 11.5 Å². The summed E-state index contributed by atoms with van der Waals surface area (Å²) >= 11 is 1.49. The second-order valence-corrected chi connectivity index (χ2v) is 19.3. The van der Waals surface area contributed by atoms with E-state index in [0.29, 0.717) is 58.6 Å². The molecule has 14 nitrogen and oxygen atoms in total. The van der Waals surface area contributed by atoms with E-state index in [-0.39, 0.29) is 31.2 Å². The number of hydrogen-bond acceptors (Lipinski definition) is 12. The summed E-state index contributed by atoms with van der Waals surface area (Å²) in [5, 5.41) is 18.7. The van der Waals surface area contributed by atoms with Gasteiger partial charge < -0.3 is 25.0 Å². The topological polar surface area (TPSA) is 193 Å². The molecule has 0 bridgehead atoms. The summed E-state index contributed by atoms with van der Waals surface area (Å²) in [5.41, 5.74) is 1.72. The number of carbonyl (C=O) groups excluding carboxylic acids is 3. The number of sulfonamides is 1. The molecular formula is C44H49N7O7S2. The highest BCUT2D eigenvalue weighted by Crippen LogP contribution is 2.46. The lowest BCUT2D eigenvalue weighted by Gasteiger charge is -2.30. The van der Waals surface area contributed by atoms with E-state index < -0.39 is 56.7 Å². The number of rotatable bonds is 10. The number of carbonyl (C=O) groups is 3. The van der Waals surface area contributed by atoms with Crippen molar-refractivity contribution in [3.8, 4) is 28.3 Å². The molecule has 4 aliphatic rings. The molecule has 2 aliphatic heterocycles. The Hall–Kier alpha value is -5.53. The van der Waals surface area contributed by atoms with Gasteiger partial charge in [-0.1, -0.05) is 44.9 Å². The van der Waals surface area contributed by atoms with E-state index in [1.54, 1.807) is 31.4 Å². The number of hydrogen-bond donors (Lipinski definition) is 3. The summed E-state index contributed by atoms with van der Waals surface area (Å²) in [5.74, 6) is -0.744. The fourth-order valence-corrected chi connectivity index (χ4v) is 10.4. The number of methoxy groups -OCH3 is 1. The van der Waals surface area contributed by atoms with Crippen LogP contribution in [0.4, 0.5) is 5.69 Å². The minimum Gasteiger partial charge on any atom is -0.497 e. The molecule has 2 aromatic heterocycles. The Balaban J connectivity index is 1.14. The minimum atomic E-state index is -3.90. The van der Waals surface area contributed by atoms with Gasteiger partial charge in [-0.15, -0.1) is 11.3 Å². The molecule has 8 rings (SSSR count). The van der Waals surface area contributed by atoms with Crippen molar-refractivity contribution in [2.45, 2.75) is 107 Å². The van der Waals surface area contributed by atoms with Crippen molar-refractivity contribution in [3.05, 3.63) is 77.3 Å². The number of pyridine rings is 1. The normalized spacial score (nSPS) is 25.2. The summed E-state index contributed by atoms with van der Waals surface area (Å²) in [6.07, 6.45) is 8.08. The average molecular weight is 852 g/mol. The van der Waals surface area contributed by atoms with Crippen molar-refractivity contribution in [2.24, 2.45) is 5.92 Å². The minimum absolute atomic E-state index is 0.0516. The molecule has 3 amide bonds. The fourth-order valence-electron chi connectivity index (χ4n) is 8.09. The van der Waals surface area contributed by atoms with Crippen LogP contribution in [-0.2, 0) is 24.4 Å². The number of nitriles is 1. The smallest absolute Gasteiger partial charge is 0.259 e. The number of amides is 3. The Labute approximate surface area is 353 Å². The van der Waals surface area contributed by atoms with E-state index >= 15 is 0 Å². The van der Waals surface area contributed by atoms with Crippen LogP contribution in [0.1, 0.15) is 88.8 Å². The molecule has 3 fully saturated rings. The molecular weight excluding hydrogens is 803 g/mol. The first-order valence-corrected chi connectivity index (χ1v) is 23.0. The summed E-state index contributed by atoms with van der Waals surface area (Å²) in [6, 6.07) is 14.6. The second-order valence-electron chi connectivity index (χ2n) is 16.5. The quantitative estimate of drug-likeness (QED) is 0.154. The van der Waals surface area contributed by atoms with Gasteiger partial charge in [0.05, 0.1) is 41.7 Å². The van der Waals surface area contributed by atoms with Crippen LogP contribution in [0, 0.1) is 17.2 Å². The van der Waals surface area contributed by atoms with Gasteiger partial charge in [-0.2, -0.15) is 5.26 Å². The molecule has 2 aliphatic carbocycles. The van der Waals surface area contributed by atoms with Crippen molar-refractivity contribution >= 4 is 55.7 Å². The monoisotopic (exact) mass is 851 g/mol. The highest BCUT2D eigenvalue weighted by atomic mass is 32.2. The summed E-state index contributed by atoms with van der Waals surface area (Å²) in [6.45, 7) is 4.21. The standard InChI is InChI=1S/C44H49N7O7S2/c1-26(2)37-25-59-41(48-37)36-21-39(33-17-14-30(57-3)19-35(33)47-36)58-31-20-38-40(52)49-44(43(54)50-60(55,56)32-15-16-32)22-28(44)11-7-5-4-6-8-13-34(42(53)51(38)24-31)46-29-12-9-10-27(18-29)23-45/h7,9-12,14,17-19,21,25-26,28,31-32,34,38,46H,4-6,8,13,15-16,20,22,24H2,1-3H3,(H,49,52)(H,50,54)/b11-7-/t28-,31-,34+,38+,44-/m1/s1. The lowest BCUT2D eigenvalue weighted by molar-refractivity contribution is -0.140. The van der Waals surface area contributed by atoms with Gasteiger partial charge in [0.2, 0.25) is 21.8 Å². The Bertz CT molecular complexity index is 2490. The molecule has 16 heteroatoms. The Kier molecular flexibility index (Phi) is 11.6. The maximum atomic E-state index is 14.9. The van der Waals surface area contributed by atoms with Gasteiger partial charge in [-0.05, 0) is 74.8 Å². The summed E-state index contributed by atoms with van der Waals surface area (Å²) in [4.78, 5) is 54.7. The van der Waals surface area contributed by atoms with E-state index in [1.807, 2.05) is 41.8 Å². The molecule has 0 radical (unpaired) electrons. The SMILES string of the molecule is COc1ccc2c(O[C@@H]3C[C@H]4C(=O)N[C@]5(C(=O)NS(=O)(=O)C6CC6)C[C@H]5/C=C\CCCCC[C@H](Nc5cccc(C#N)c5)C(=O)N4C3)cc(-c3nc(C(C)C)cs3)nc2c1. The van der Waals surface area contributed by atoms with Gasteiger partial charge in [-0.3, -0.25) is 19.1 Å². The van der Waals surface area contributed by atoms with E-state index in [0.717, 1.165) is 36.4 Å². The Morgan fingerprint density at radius 2 is 1.92 bits per heavy atom. The van der Waals surface area contributed by atoms with Gasteiger partial charge in [0.1, 0.15) is 45.9 Å². The van der Waals surface area contributed by atoms with Crippen LogP contribution in [0.15, 0.2) is 66.1 Å². The van der Waals surface area contributed by atoms with Gasteiger partial charge in [-0.25, -0.2) is 18.4 Å². The molecule has 5 atom stereocenters. The highest BCUT2D eigenvalue weighted by Gasteiger charge is 2.62. The molecule has 2 aromatic carbocycles. The number of allylic oxidation sites excluding steroid dienone is 1. The van der Waals surface area contributed by atoms with Gasteiger partial charge >= 0.3 is 0 Å². The van der Waals surface area contributed by atoms with Crippen molar-refractivity contribution < 1.29 is 32.3 Å². The third-order valence-electron chi connectivity index (χ3n) is 11.8. The molecule has 0 unspecified atom stereocenters. The molecule has 0 spiro atoms. The number of fused-ring (bicyclic) bond motifs is 3. The molecule has 1 saturated heterocycles. The van der Waals surface area contributed by atoms with Crippen LogP contribution in [0.2, 0.25) is 0 Å². The summed E-state index contributed by atoms with van der Waals surface area (Å²) in [7, 11) is -2.31. The van der Waals surface area contributed by atoms with E-state index in [9.17, 15) is 28.1 Å². The number of thiazole rings is 1. The summed E-state index contributed by atoms with van der Waals surface area (Å²) < 4.78 is 40.5. The Morgan fingerprint density at radius 3 is 2.67 bits per heavy atom. The number of aromatic nitrogens is 2. The van der Waals surface area contributed by atoms with Crippen molar-refractivity contribution in [1.82, 2.24) is 24.9 Å². The number of nitrogens with zero attached hydrogens (tertiary/aromatic N) is 4. The lowest BCUT2D eigenvalue weighted by Crippen LogP contribution is -2.57. The van der Waals surface area contributed by atoms with E-state index in [4.69, 9.17) is 19.4 Å². The van der Waals surface area contributed by atoms with Gasteiger partial charge in [0.15, 0.2) is 0 Å². The first-order chi connectivity index (χ1) is 28.9. The molecule has 60 heavy (non-hydrogen) atoms.